The fourth-order valence-electron chi connectivity index (χ4n) is 2.29. The number of benzene rings is 2. The highest BCUT2D eigenvalue weighted by atomic mass is 19.4. The minimum Gasteiger partial charge on any atom is -0.406 e. The van der Waals surface area contributed by atoms with Crippen LogP contribution in [0.1, 0.15) is 24.2 Å². The molecule has 2 aromatic carbocycles. The minimum atomic E-state index is -4.67. The number of imidazole rings is 1. The van der Waals surface area contributed by atoms with Gasteiger partial charge in [0.05, 0.1) is 11.0 Å². The van der Waals surface area contributed by atoms with Crippen LogP contribution in [-0.2, 0) is 0 Å². The average Bonchev–Trinajstić information content (AvgIpc) is 2.89. The second kappa shape index (κ2) is 5.36. The Bertz CT molecular complexity index is 745. The predicted octanol–water partition coefficient (Wildman–Crippen LogP) is 4.61. The molecular formula is C16H13F3N2O. The van der Waals surface area contributed by atoms with Gasteiger partial charge in [-0.05, 0) is 29.8 Å². The van der Waals surface area contributed by atoms with Crippen LogP contribution in [0.4, 0.5) is 13.2 Å². The lowest BCUT2D eigenvalue weighted by molar-refractivity contribution is -0.274. The number of hydrogen-bond donors (Lipinski definition) is 1. The Kier molecular flexibility index (Phi) is 3.52. The van der Waals surface area contributed by atoms with Gasteiger partial charge in [-0.2, -0.15) is 0 Å². The summed E-state index contributed by atoms with van der Waals surface area (Å²) in [6.45, 7) is 1.94. The Hall–Kier alpha value is -2.50. The van der Waals surface area contributed by atoms with Gasteiger partial charge in [0.2, 0.25) is 0 Å². The number of nitrogens with one attached hydrogen (secondary N) is 1. The highest BCUT2D eigenvalue weighted by molar-refractivity contribution is 5.74. The van der Waals surface area contributed by atoms with Crippen molar-refractivity contribution in [2.75, 3.05) is 0 Å². The number of ether oxygens (including phenoxy) is 1. The van der Waals surface area contributed by atoms with Gasteiger partial charge >= 0.3 is 6.36 Å². The summed E-state index contributed by atoms with van der Waals surface area (Å²) in [5.74, 6) is 0.478. The molecule has 1 N–H and O–H groups in total. The number of nitrogens with zero attached hydrogens (tertiary/aromatic N) is 1. The zero-order valence-electron chi connectivity index (χ0n) is 11.7. The largest absolute Gasteiger partial charge is 0.573 e. The Labute approximate surface area is 124 Å². The van der Waals surface area contributed by atoms with Crippen molar-refractivity contribution in [2.45, 2.75) is 19.2 Å². The van der Waals surface area contributed by atoms with Gasteiger partial charge in [-0.1, -0.05) is 31.2 Å². The first-order valence-corrected chi connectivity index (χ1v) is 6.73. The summed E-state index contributed by atoms with van der Waals surface area (Å²) < 4.78 is 40.3. The molecule has 0 saturated heterocycles. The fraction of sp³-hybridized carbons (Fsp3) is 0.188. The number of aromatic nitrogens is 2. The van der Waals surface area contributed by atoms with Crippen LogP contribution in [0.25, 0.3) is 11.0 Å². The van der Waals surface area contributed by atoms with E-state index in [4.69, 9.17) is 0 Å². The molecule has 0 aliphatic rings. The highest BCUT2D eigenvalue weighted by Gasteiger charge is 2.31. The summed E-state index contributed by atoms with van der Waals surface area (Å²) in [6, 6.07) is 13.5. The quantitative estimate of drug-likeness (QED) is 0.767. The molecular weight excluding hydrogens is 293 g/mol. The van der Waals surface area contributed by atoms with E-state index in [9.17, 15) is 13.2 Å². The second-order valence-electron chi connectivity index (χ2n) is 4.98. The third-order valence-electron chi connectivity index (χ3n) is 3.43. The normalized spacial score (nSPS) is 13.3. The summed E-state index contributed by atoms with van der Waals surface area (Å²) in [5, 5.41) is 0. The van der Waals surface area contributed by atoms with Gasteiger partial charge < -0.3 is 9.72 Å². The average molecular weight is 306 g/mol. The standard InChI is InChI=1S/C16H13F3N2O/c1-10(15-20-13-4-2-3-5-14(13)21-15)11-6-8-12(9-7-11)22-16(17,18)19/h2-10H,1H3,(H,20,21). The van der Waals surface area contributed by atoms with E-state index in [1.807, 2.05) is 31.2 Å². The van der Waals surface area contributed by atoms with Gasteiger partial charge in [0, 0.05) is 5.92 Å². The maximum atomic E-state index is 12.1. The van der Waals surface area contributed by atoms with Crippen LogP contribution in [0, 0.1) is 0 Å². The van der Waals surface area contributed by atoms with Crippen LogP contribution in [0.15, 0.2) is 48.5 Å². The topological polar surface area (TPSA) is 37.9 Å². The predicted molar refractivity (Wildman–Crippen MR) is 76.7 cm³/mol. The van der Waals surface area contributed by atoms with Gasteiger partial charge in [-0.3, -0.25) is 0 Å². The van der Waals surface area contributed by atoms with E-state index >= 15 is 0 Å². The lowest BCUT2D eigenvalue weighted by Gasteiger charge is -2.12. The van der Waals surface area contributed by atoms with Crippen molar-refractivity contribution in [3.8, 4) is 5.75 Å². The van der Waals surface area contributed by atoms with Crippen molar-refractivity contribution in [1.29, 1.82) is 0 Å². The van der Waals surface area contributed by atoms with Crippen LogP contribution in [0.5, 0.6) is 5.75 Å². The monoisotopic (exact) mass is 306 g/mol. The summed E-state index contributed by atoms with van der Waals surface area (Å²) in [7, 11) is 0. The van der Waals surface area contributed by atoms with E-state index in [0.717, 1.165) is 22.4 Å². The number of para-hydroxylation sites is 2. The number of hydrogen-bond acceptors (Lipinski definition) is 2. The first-order valence-electron chi connectivity index (χ1n) is 6.73. The van der Waals surface area contributed by atoms with E-state index < -0.39 is 6.36 Å². The van der Waals surface area contributed by atoms with Crippen molar-refractivity contribution in [1.82, 2.24) is 9.97 Å². The molecule has 0 aliphatic heterocycles. The van der Waals surface area contributed by atoms with Crippen LogP contribution in [-0.4, -0.2) is 16.3 Å². The summed E-state index contributed by atoms with van der Waals surface area (Å²) in [6.07, 6.45) is -4.67. The van der Waals surface area contributed by atoms with Crippen molar-refractivity contribution < 1.29 is 17.9 Å². The summed E-state index contributed by atoms with van der Waals surface area (Å²) >= 11 is 0. The lowest BCUT2D eigenvalue weighted by Crippen LogP contribution is -2.17. The summed E-state index contributed by atoms with van der Waals surface area (Å²) in [4.78, 5) is 7.73. The van der Waals surface area contributed by atoms with Crippen molar-refractivity contribution in [3.63, 3.8) is 0 Å². The molecule has 6 heteroatoms. The van der Waals surface area contributed by atoms with Crippen LogP contribution in [0.2, 0.25) is 0 Å². The van der Waals surface area contributed by atoms with E-state index in [1.54, 1.807) is 12.1 Å². The Morgan fingerprint density at radius 3 is 2.36 bits per heavy atom. The number of aromatic amines is 1. The van der Waals surface area contributed by atoms with Crippen molar-refractivity contribution in [2.24, 2.45) is 0 Å². The SMILES string of the molecule is CC(c1ccc(OC(F)(F)F)cc1)c1nc2ccccc2[nH]1. The first kappa shape index (κ1) is 14.4. The van der Waals surface area contributed by atoms with Crippen LogP contribution in [0.3, 0.4) is 0 Å². The number of rotatable bonds is 3. The second-order valence-corrected chi connectivity index (χ2v) is 4.98. The Morgan fingerprint density at radius 1 is 1.05 bits per heavy atom. The van der Waals surface area contributed by atoms with E-state index in [-0.39, 0.29) is 11.7 Å². The molecule has 114 valence electrons. The molecule has 0 amide bonds. The fourth-order valence-corrected chi connectivity index (χ4v) is 2.29. The highest BCUT2D eigenvalue weighted by Crippen LogP contribution is 2.28. The molecule has 1 heterocycles. The molecule has 1 unspecified atom stereocenters. The molecule has 0 aliphatic carbocycles. The smallest absolute Gasteiger partial charge is 0.406 e. The lowest BCUT2D eigenvalue weighted by atomic mass is 10.0. The molecule has 0 bridgehead atoms. The Morgan fingerprint density at radius 2 is 1.73 bits per heavy atom. The molecule has 3 nitrogen and oxygen atoms in total. The van der Waals surface area contributed by atoms with Crippen LogP contribution < -0.4 is 4.74 Å². The molecule has 3 aromatic rings. The van der Waals surface area contributed by atoms with Crippen molar-refractivity contribution in [3.05, 3.63) is 59.9 Å². The third kappa shape index (κ3) is 3.05. The van der Waals surface area contributed by atoms with Crippen LogP contribution >= 0.6 is 0 Å². The zero-order valence-corrected chi connectivity index (χ0v) is 11.7. The van der Waals surface area contributed by atoms with Gasteiger partial charge in [0.25, 0.3) is 0 Å². The van der Waals surface area contributed by atoms with Crippen molar-refractivity contribution >= 4 is 11.0 Å². The number of halogens is 3. The van der Waals surface area contributed by atoms with Gasteiger partial charge in [0.1, 0.15) is 11.6 Å². The number of fused-ring (bicyclic) bond motifs is 1. The number of alkyl halides is 3. The van der Waals surface area contributed by atoms with E-state index in [0.29, 0.717) is 0 Å². The molecule has 3 rings (SSSR count). The molecule has 0 fully saturated rings. The molecule has 0 saturated carbocycles. The molecule has 22 heavy (non-hydrogen) atoms. The van der Waals surface area contributed by atoms with E-state index in [2.05, 4.69) is 14.7 Å². The van der Waals surface area contributed by atoms with Gasteiger partial charge in [0.15, 0.2) is 0 Å². The maximum Gasteiger partial charge on any atom is 0.573 e. The van der Waals surface area contributed by atoms with E-state index in [1.165, 1.54) is 12.1 Å². The maximum absolute atomic E-state index is 12.1. The molecule has 0 spiro atoms. The molecule has 1 aromatic heterocycles. The molecule has 0 radical (unpaired) electrons. The Balaban J connectivity index is 1.83. The summed E-state index contributed by atoms with van der Waals surface area (Å²) in [5.41, 5.74) is 2.65. The first-order chi connectivity index (χ1) is 10.4. The van der Waals surface area contributed by atoms with Gasteiger partial charge in [-0.15, -0.1) is 13.2 Å². The third-order valence-corrected chi connectivity index (χ3v) is 3.43. The molecule has 1 atom stereocenters. The number of H-pyrrole nitrogens is 1. The zero-order chi connectivity index (χ0) is 15.7. The minimum absolute atomic E-state index is 0.0627. The van der Waals surface area contributed by atoms with Gasteiger partial charge in [-0.25, -0.2) is 4.98 Å².